The minimum absolute atomic E-state index is 0.122. The van der Waals surface area contributed by atoms with Gasteiger partial charge in [-0.1, -0.05) is 26.0 Å². The van der Waals surface area contributed by atoms with Crippen molar-refractivity contribution in [3.05, 3.63) is 64.8 Å². The van der Waals surface area contributed by atoms with Gasteiger partial charge in [-0.15, -0.1) is 0 Å². The van der Waals surface area contributed by atoms with Gasteiger partial charge < -0.3 is 15.2 Å². The highest BCUT2D eigenvalue weighted by Gasteiger charge is 2.44. The zero-order valence-electron chi connectivity index (χ0n) is 21.3. The van der Waals surface area contributed by atoms with Crippen molar-refractivity contribution in [2.45, 2.75) is 57.9 Å². The monoisotopic (exact) mass is 471 g/mol. The predicted octanol–water partition coefficient (Wildman–Crippen LogP) is 6.04. The van der Waals surface area contributed by atoms with Crippen molar-refractivity contribution in [3.8, 4) is 0 Å². The largest absolute Gasteiger partial charge is 0.368 e. The van der Waals surface area contributed by atoms with E-state index in [1.54, 1.807) is 12.3 Å². The number of allylic oxidation sites excluding steroid dienone is 2. The molecule has 6 nitrogen and oxygen atoms in total. The molecule has 5 rings (SSSR count). The molecule has 35 heavy (non-hydrogen) atoms. The lowest BCUT2D eigenvalue weighted by Crippen LogP contribution is -2.57. The second-order valence-corrected chi connectivity index (χ2v) is 11.4. The Labute approximate surface area is 209 Å². The number of rotatable bonds is 5. The zero-order valence-corrected chi connectivity index (χ0v) is 21.3. The molecule has 0 atom stereocenters. The van der Waals surface area contributed by atoms with Crippen LogP contribution < -0.4 is 5.32 Å². The van der Waals surface area contributed by atoms with E-state index in [4.69, 9.17) is 6.57 Å². The SMILES string of the molecule is [C-]#[N+]c1c[nH]c(C(=O)Nc2ccc(C3(N4CCN(C)CC4)CCC3)cc2C2=CCC(C)(C)CC2)c1. The summed E-state index contributed by atoms with van der Waals surface area (Å²) in [6.07, 6.45) is 10.9. The van der Waals surface area contributed by atoms with Crippen LogP contribution in [0.4, 0.5) is 11.4 Å². The molecule has 1 saturated carbocycles. The molecule has 0 radical (unpaired) electrons. The van der Waals surface area contributed by atoms with Crippen molar-refractivity contribution in [2.75, 3.05) is 38.5 Å². The molecular weight excluding hydrogens is 434 g/mol. The van der Waals surface area contributed by atoms with Crippen LogP contribution in [0.3, 0.4) is 0 Å². The van der Waals surface area contributed by atoms with Gasteiger partial charge in [-0.2, -0.15) is 0 Å². The molecule has 3 aliphatic rings. The third-order valence-electron chi connectivity index (χ3n) is 8.45. The van der Waals surface area contributed by atoms with Gasteiger partial charge in [-0.05, 0) is 80.3 Å². The quantitative estimate of drug-likeness (QED) is 0.523. The van der Waals surface area contributed by atoms with Gasteiger partial charge >= 0.3 is 0 Å². The van der Waals surface area contributed by atoms with Crippen molar-refractivity contribution in [2.24, 2.45) is 5.41 Å². The highest BCUT2D eigenvalue weighted by molar-refractivity contribution is 6.05. The van der Waals surface area contributed by atoms with E-state index in [0.29, 0.717) is 16.8 Å². The predicted molar refractivity (Wildman–Crippen MR) is 142 cm³/mol. The van der Waals surface area contributed by atoms with Gasteiger partial charge in [-0.3, -0.25) is 9.69 Å². The Balaban J connectivity index is 1.49. The lowest BCUT2D eigenvalue weighted by Gasteiger charge is -2.53. The van der Waals surface area contributed by atoms with Gasteiger partial charge in [0.05, 0.1) is 12.3 Å². The molecule has 2 heterocycles. The van der Waals surface area contributed by atoms with E-state index in [2.05, 4.69) is 70.1 Å². The molecule has 0 bridgehead atoms. The zero-order chi connectivity index (χ0) is 24.6. The van der Waals surface area contributed by atoms with Crippen LogP contribution in [0.1, 0.15) is 74.0 Å². The normalized spacial score (nSPS) is 22.1. The molecule has 0 spiro atoms. The minimum Gasteiger partial charge on any atom is -0.368 e. The van der Waals surface area contributed by atoms with Crippen molar-refractivity contribution in [1.29, 1.82) is 0 Å². The minimum atomic E-state index is -0.205. The van der Waals surface area contributed by atoms with E-state index in [0.717, 1.165) is 56.7 Å². The van der Waals surface area contributed by atoms with Crippen LogP contribution in [-0.4, -0.2) is 53.9 Å². The molecule has 1 aromatic carbocycles. The average Bonchev–Trinajstić information content (AvgIpc) is 3.30. The summed E-state index contributed by atoms with van der Waals surface area (Å²) in [6.45, 7) is 16.3. The van der Waals surface area contributed by atoms with Gasteiger partial charge in [0.15, 0.2) is 0 Å². The van der Waals surface area contributed by atoms with Crippen LogP contribution in [-0.2, 0) is 5.54 Å². The van der Waals surface area contributed by atoms with Crippen LogP contribution in [0.15, 0.2) is 36.5 Å². The van der Waals surface area contributed by atoms with Gasteiger partial charge in [-0.25, -0.2) is 4.85 Å². The van der Waals surface area contributed by atoms with E-state index >= 15 is 0 Å². The van der Waals surface area contributed by atoms with E-state index in [-0.39, 0.29) is 11.4 Å². The number of piperazine rings is 1. The standard InChI is InChI=1S/C29H37N5O/c1-28(2)12-8-21(9-13-28)24-18-22(29(10-5-11-29)34-16-14-33(4)15-17-34)6-7-25(24)32-27(35)26-19-23(30-3)20-31-26/h6-8,18-20,31H,5,9-17H2,1-2,4H3,(H,32,35). The smallest absolute Gasteiger partial charge is 0.270 e. The van der Waals surface area contributed by atoms with Gasteiger partial charge in [0, 0.05) is 49.2 Å². The lowest BCUT2D eigenvalue weighted by molar-refractivity contribution is -0.0180. The summed E-state index contributed by atoms with van der Waals surface area (Å²) in [5.41, 5.74) is 6.04. The maximum absolute atomic E-state index is 13.0. The number of hydrogen-bond donors (Lipinski definition) is 2. The molecule has 184 valence electrons. The Morgan fingerprint density at radius 1 is 1.11 bits per heavy atom. The van der Waals surface area contributed by atoms with Crippen LogP contribution in [0.25, 0.3) is 10.4 Å². The average molecular weight is 472 g/mol. The summed E-state index contributed by atoms with van der Waals surface area (Å²) in [5.74, 6) is -0.205. The van der Waals surface area contributed by atoms with Crippen molar-refractivity contribution >= 4 is 22.9 Å². The highest BCUT2D eigenvalue weighted by atomic mass is 16.1. The maximum atomic E-state index is 13.0. The first-order chi connectivity index (χ1) is 16.8. The number of nitrogens with one attached hydrogen (secondary N) is 2. The van der Waals surface area contributed by atoms with E-state index in [1.807, 2.05) is 0 Å². The van der Waals surface area contributed by atoms with Crippen molar-refractivity contribution in [1.82, 2.24) is 14.8 Å². The molecule has 0 unspecified atom stereocenters. The first kappa shape index (κ1) is 23.8. The summed E-state index contributed by atoms with van der Waals surface area (Å²) in [7, 11) is 2.21. The second-order valence-electron chi connectivity index (χ2n) is 11.4. The summed E-state index contributed by atoms with van der Waals surface area (Å²) < 4.78 is 0. The second kappa shape index (κ2) is 9.29. The molecule has 2 fully saturated rings. The van der Waals surface area contributed by atoms with E-state index in [1.165, 1.54) is 30.4 Å². The molecule has 2 aromatic rings. The van der Waals surface area contributed by atoms with Crippen molar-refractivity contribution in [3.63, 3.8) is 0 Å². The molecular formula is C29H37N5O. The van der Waals surface area contributed by atoms with E-state index in [9.17, 15) is 4.79 Å². The van der Waals surface area contributed by atoms with Crippen molar-refractivity contribution < 1.29 is 4.79 Å². The lowest BCUT2D eigenvalue weighted by atomic mass is 9.69. The Hall–Kier alpha value is -2.88. The topological polar surface area (TPSA) is 55.7 Å². The summed E-state index contributed by atoms with van der Waals surface area (Å²) in [4.78, 5) is 24.5. The number of aromatic nitrogens is 1. The highest BCUT2D eigenvalue weighted by Crippen LogP contribution is 2.49. The summed E-state index contributed by atoms with van der Waals surface area (Å²) in [5, 5.41) is 3.15. The molecule has 1 aliphatic heterocycles. The maximum Gasteiger partial charge on any atom is 0.270 e. The molecule has 2 N–H and O–H groups in total. The van der Waals surface area contributed by atoms with Crippen LogP contribution in [0.5, 0.6) is 0 Å². The number of carbonyl (C=O) groups excluding carboxylic acids is 1. The van der Waals surface area contributed by atoms with Gasteiger partial charge in [0.2, 0.25) is 5.69 Å². The molecule has 1 aromatic heterocycles. The molecule has 1 amide bonds. The molecule has 6 heteroatoms. The van der Waals surface area contributed by atoms with Crippen LogP contribution in [0.2, 0.25) is 0 Å². The Bertz CT molecular complexity index is 1170. The van der Waals surface area contributed by atoms with Crippen LogP contribution in [0, 0.1) is 12.0 Å². The first-order valence-electron chi connectivity index (χ1n) is 12.9. The number of amides is 1. The number of benzene rings is 1. The number of H-pyrrole nitrogens is 1. The Morgan fingerprint density at radius 3 is 2.49 bits per heavy atom. The number of carbonyl (C=O) groups is 1. The summed E-state index contributed by atoms with van der Waals surface area (Å²) >= 11 is 0. The molecule has 1 saturated heterocycles. The third-order valence-corrected chi connectivity index (χ3v) is 8.45. The molecule has 2 aliphatic carbocycles. The summed E-state index contributed by atoms with van der Waals surface area (Å²) in [6, 6.07) is 8.33. The van der Waals surface area contributed by atoms with E-state index < -0.39 is 0 Å². The number of aromatic amines is 1. The first-order valence-corrected chi connectivity index (χ1v) is 12.9. The fraction of sp³-hybridized carbons (Fsp3) is 0.517. The number of anilines is 1. The fourth-order valence-electron chi connectivity index (χ4n) is 5.83. The third kappa shape index (κ3) is 4.68. The van der Waals surface area contributed by atoms with Crippen LogP contribution >= 0.6 is 0 Å². The van der Waals surface area contributed by atoms with Gasteiger partial charge in [0.25, 0.3) is 5.91 Å². The number of hydrogen-bond acceptors (Lipinski definition) is 3. The fourth-order valence-corrected chi connectivity index (χ4v) is 5.83. The Morgan fingerprint density at radius 2 is 1.89 bits per heavy atom. The van der Waals surface area contributed by atoms with Gasteiger partial charge in [0.1, 0.15) is 0 Å². The Kier molecular flexibility index (Phi) is 6.33. The number of likely N-dealkylation sites (N-methyl/N-ethyl adjacent to an activating group) is 1. The number of nitrogens with zero attached hydrogens (tertiary/aromatic N) is 3.